The van der Waals surface area contributed by atoms with Crippen LogP contribution in [0.25, 0.3) is 11.1 Å². The van der Waals surface area contributed by atoms with E-state index in [0.717, 1.165) is 22.9 Å². The molecule has 2 heterocycles. The van der Waals surface area contributed by atoms with Gasteiger partial charge in [-0.15, -0.1) is 0 Å². The van der Waals surface area contributed by atoms with Crippen molar-refractivity contribution in [2.24, 2.45) is 11.0 Å². The normalized spacial score (nSPS) is 18.7. The third kappa shape index (κ3) is 6.57. The van der Waals surface area contributed by atoms with Gasteiger partial charge in [0.05, 0.1) is 29.7 Å². The molecule has 0 bridgehead atoms. The molecule has 2 unspecified atom stereocenters. The molecule has 0 saturated heterocycles. The molecule has 1 aromatic heterocycles. The van der Waals surface area contributed by atoms with E-state index in [1.165, 1.54) is 25.4 Å². The first-order valence-electron chi connectivity index (χ1n) is 13.7. The molecule has 1 saturated carbocycles. The second-order valence-electron chi connectivity index (χ2n) is 10.8. The van der Waals surface area contributed by atoms with Crippen LogP contribution in [0, 0.1) is 23.4 Å². The van der Waals surface area contributed by atoms with Crippen LogP contribution < -0.4 is 5.32 Å². The highest BCUT2D eigenvalue weighted by molar-refractivity contribution is 6.11. The van der Waals surface area contributed by atoms with Gasteiger partial charge in [-0.2, -0.15) is 13.2 Å². The predicted molar refractivity (Wildman–Crippen MR) is 148 cm³/mol. The number of nitrogens with one attached hydrogen (secondary N) is 1. The van der Waals surface area contributed by atoms with Crippen molar-refractivity contribution in [2.75, 3.05) is 13.6 Å². The molecule has 1 aliphatic heterocycles. The molecule has 44 heavy (non-hydrogen) atoms. The number of carbonyl (C=O) groups excluding carboxylic acids is 2. The number of rotatable bonds is 9. The lowest BCUT2D eigenvalue weighted by Gasteiger charge is -2.19. The third-order valence-electron chi connectivity index (χ3n) is 7.71. The zero-order valence-corrected chi connectivity index (χ0v) is 23.3. The molecule has 1 aliphatic carbocycles. The van der Waals surface area contributed by atoms with Gasteiger partial charge in [0.15, 0.2) is 5.71 Å². The Hall–Kier alpha value is -4.39. The number of nitrogens with zero attached hydrogens (tertiary/aromatic N) is 3. The van der Waals surface area contributed by atoms with Crippen molar-refractivity contribution < 1.29 is 45.7 Å². The van der Waals surface area contributed by atoms with Crippen LogP contribution in [0.4, 0.5) is 26.3 Å². The number of aliphatic hydroxyl groups is 1. The molecule has 3 atom stereocenters. The monoisotopic (exact) mass is 617 g/mol. The first-order chi connectivity index (χ1) is 20.8. The lowest BCUT2D eigenvalue weighted by molar-refractivity contribution is -0.520. The molecular formula is C31H27F6N4O3+. The van der Waals surface area contributed by atoms with Gasteiger partial charge in [-0.05, 0) is 54.3 Å². The van der Waals surface area contributed by atoms with E-state index in [1.807, 2.05) is 0 Å². The summed E-state index contributed by atoms with van der Waals surface area (Å²) >= 11 is 0. The number of halogens is 6. The average molecular weight is 618 g/mol. The topological polar surface area (TPSA) is 94.7 Å². The summed E-state index contributed by atoms with van der Waals surface area (Å²) in [5.74, 6) is -5.63. The number of hydrogen-bond acceptors (Lipinski definition) is 5. The number of carbonyl (C=O) groups is 2. The van der Waals surface area contributed by atoms with E-state index in [-0.39, 0.29) is 42.5 Å². The van der Waals surface area contributed by atoms with Gasteiger partial charge < -0.3 is 10.4 Å². The summed E-state index contributed by atoms with van der Waals surface area (Å²) in [6.07, 6.45) is -4.90. The maximum Gasteiger partial charge on any atom is 0.436 e. The Morgan fingerprint density at radius 2 is 1.82 bits per heavy atom. The lowest BCUT2D eigenvalue weighted by Crippen LogP contribution is -2.30. The van der Waals surface area contributed by atoms with E-state index in [1.54, 1.807) is 12.1 Å². The molecule has 7 nitrogen and oxygen atoms in total. The van der Waals surface area contributed by atoms with Crippen molar-refractivity contribution >= 4 is 23.1 Å². The van der Waals surface area contributed by atoms with Crippen LogP contribution in [0.15, 0.2) is 59.8 Å². The van der Waals surface area contributed by atoms with E-state index in [4.69, 9.17) is 0 Å². The van der Waals surface area contributed by atoms with E-state index in [0.29, 0.717) is 22.9 Å². The zero-order valence-electron chi connectivity index (χ0n) is 23.3. The van der Waals surface area contributed by atoms with Crippen LogP contribution in [0.2, 0.25) is 0 Å². The Kier molecular flexibility index (Phi) is 8.69. The van der Waals surface area contributed by atoms with Crippen LogP contribution in [0.5, 0.6) is 0 Å². The summed E-state index contributed by atoms with van der Waals surface area (Å²) in [7, 11) is 1.35. The van der Waals surface area contributed by atoms with Crippen LogP contribution in [-0.4, -0.2) is 63.8 Å². The summed E-state index contributed by atoms with van der Waals surface area (Å²) < 4.78 is 84.6. The number of hydrazone groups is 1. The maximum absolute atomic E-state index is 14.4. The third-order valence-corrected chi connectivity index (χ3v) is 7.71. The number of aromatic nitrogens is 1. The smallest absolute Gasteiger partial charge is 0.393 e. The molecule has 0 radical (unpaired) electrons. The van der Waals surface area contributed by atoms with Crippen LogP contribution in [0.3, 0.4) is 0 Å². The number of alkyl halides is 3. The molecule has 2 aromatic carbocycles. The second kappa shape index (κ2) is 12.3. The van der Waals surface area contributed by atoms with Crippen molar-refractivity contribution in [3.8, 4) is 11.1 Å². The fourth-order valence-electron chi connectivity index (χ4n) is 5.86. The fraction of sp³-hybridized carbons (Fsp3) is 0.323. The van der Waals surface area contributed by atoms with Gasteiger partial charge in [-0.25, -0.2) is 13.2 Å². The Bertz CT molecular complexity index is 1670. The van der Waals surface area contributed by atoms with Gasteiger partial charge in [-0.1, -0.05) is 16.8 Å². The Morgan fingerprint density at radius 3 is 2.50 bits per heavy atom. The largest absolute Gasteiger partial charge is 0.436 e. The van der Waals surface area contributed by atoms with Crippen LogP contribution >= 0.6 is 0 Å². The van der Waals surface area contributed by atoms with E-state index < -0.39 is 65.5 Å². The number of Topliss-reactive ketones (excluding diaryl/α,β-unsaturated/α-hetero) is 1. The standard InChI is InChI=1S/C31H26F6N4O3/c1-38-30(44)24-11-17(4-5-26(24)34)23-3-2-6-39-28(23)18(7-16-8-19(32)12-20(33)9-16)10-22(43)15-41-27-14-21(42)13-25(27)29(40-41)31(35,36)37/h2-6,8-9,11-12,18,21,25,42H,7,10,13-15H2,1H3/p+1/t18-,21?,25?/m1/s1. The minimum Gasteiger partial charge on any atom is -0.393 e. The number of ketones is 1. The number of amides is 1. The average Bonchev–Trinajstić information content (AvgIpc) is 3.49. The fourth-order valence-corrected chi connectivity index (χ4v) is 5.86. The minimum atomic E-state index is -4.74. The van der Waals surface area contributed by atoms with Gasteiger partial charge in [0.1, 0.15) is 17.5 Å². The first kappa shape index (κ1) is 31.0. The summed E-state index contributed by atoms with van der Waals surface area (Å²) in [5, 5.41) is 16.1. The zero-order chi connectivity index (χ0) is 31.8. The van der Waals surface area contributed by atoms with Gasteiger partial charge in [-0.3, -0.25) is 14.6 Å². The quantitative estimate of drug-likeness (QED) is 0.262. The van der Waals surface area contributed by atoms with Crippen molar-refractivity contribution in [3.05, 3.63) is 89.0 Å². The predicted octanol–water partition coefficient (Wildman–Crippen LogP) is 4.97. The SMILES string of the molecule is CNC(=O)c1cc(-c2cccnc2[C@@H](CC(=O)C[N+]2=C3CC(O)CC3C(C(F)(F)F)=N2)Cc2cc(F)cc(F)c2)ccc1F. The molecule has 2 aliphatic rings. The molecule has 2 N–H and O–H groups in total. The van der Waals surface area contributed by atoms with E-state index >= 15 is 0 Å². The Labute approximate surface area is 247 Å². The highest BCUT2D eigenvalue weighted by Crippen LogP contribution is 2.37. The van der Waals surface area contributed by atoms with E-state index in [9.17, 15) is 41.0 Å². The van der Waals surface area contributed by atoms with Crippen molar-refractivity contribution in [1.29, 1.82) is 0 Å². The molecule has 3 aromatic rings. The van der Waals surface area contributed by atoms with Crippen molar-refractivity contribution in [3.63, 3.8) is 0 Å². The summed E-state index contributed by atoms with van der Waals surface area (Å²) in [5.41, 5.74) is 0.189. The summed E-state index contributed by atoms with van der Waals surface area (Å²) in [6.45, 7) is -0.522. The molecule has 1 fully saturated rings. The highest BCUT2D eigenvalue weighted by Gasteiger charge is 2.55. The molecule has 0 spiro atoms. The molecule has 230 valence electrons. The van der Waals surface area contributed by atoms with Crippen LogP contribution in [-0.2, 0) is 11.2 Å². The Morgan fingerprint density at radius 1 is 1.09 bits per heavy atom. The lowest BCUT2D eigenvalue weighted by atomic mass is 9.86. The van der Waals surface area contributed by atoms with Crippen molar-refractivity contribution in [2.45, 2.75) is 43.9 Å². The number of benzene rings is 2. The van der Waals surface area contributed by atoms with Gasteiger partial charge in [0.2, 0.25) is 18.0 Å². The van der Waals surface area contributed by atoms with E-state index in [2.05, 4.69) is 15.4 Å². The Balaban J connectivity index is 1.52. The minimum absolute atomic E-state index is 0.0599. The number of pyridine rings is 1. The van der Waals surface area contributed by atoms with Crippen LogP contribution in [0.1, 0.15) is 46.8 Å². The highest BCUT2D eigenvalue weighted by atomic mass is 19.4. The molecule has 13 heteroatoms. The van der Waals surface area contributed by atoms with Crippen molar-refractivity contribution in [1.82, 2.24) is 10.3 Å². The first-order valence-corrected chi connectivity index (χ1v) is 13.7. The molecular weight excluding hydrogens is 590 g/mol. The molecule has 1 amide bonds. The maximum atomic E-state index is 14.4. The summed E-state index contributed by atoms with van der Waals surface area (Å²) in [4.78, 5) is 30.2. The number of fused-ring (bicyclic) bond motifs is 1. The summed E-state index contributed by atoms with van der Waals surface area (Å²) in [6, 6.07) is 9.96. The van der Waals surface area contributed by atoms with Gasteiger partial charge in [0.25, 0.3) is 5.91 Å². The number of hydrogen-bond donors (Lipinski definition) is 2. The van der Waals surface area contributed by atoms with Gasteiger partial charge in [0, 0.05) is 42.3 Å². The molecule has 5 rings (SSSR count). The number of aliphatic hydroxyl groups excluding tert-OH is 1. The second-order valence-corrected chi connectivity index (χ2v) is 10.8. The van der Waals surface area contributed by atoms with Gasteiger partial charge >= 0.3 is 6.18 Å².